The molecule has 16 heavy (non-hydrogen) atoms. The maximum absolute atomic E-state index is 4.06. The van der Waals surface area contributed by atoms with E-state index >= 15 is 0 Å². The van der Waals surface area contributed by atoms with Crippen molar-refractivity contribution in [1.82, 2.24) is 4.98 Å². The number of benzene rings is 1. The summed E-state index contributed by atoms with van der Waals surface area (Å²) in [5.41, 5.74) is 5.64. The molecule has 0 radical (unpaired) electrons. The van der Waals surface area contributed by atoms with Crippen LogP contribution in [0.15, 0.2) is 42.7 Å². The Hall–Kier alpha value is -1.63. The average Bonchev–Trinajstić information content (AvgIpc) is 2.69. The van der Waals surface area contributed by atoms with Crippen LogP contribution in [0.4, 0.5) is 0 Å². The molecule has 0 saturated heterocycles. The monoisotopic (exact) mass is 209 g/mol. The van der Waals surface area contributed by atoms with Gasteiger partial charge in [0.1, 0.15) is 0 Å². The summed E-state index contributed by atoms with van der Waals surface area (Å²) in [4.78, 5) is 4.06. The van der Waals surface area contributed by atoms with Gasteiger partial charge in [-0.1, -0.05) is 25.1 Å². The van der Waals surface area contributed by atoms with Gasteiger partial charge in [-0.3, -0.25) is 4.98 Å². The highest BCUT2D eigenvalue weighted by Crippen LogP contribution is 2.30. The molecule has 0 bridgehead atoms. The second-order valence-corrected chi connectivity index (χ2v) is 4.73. The quantitative estimate of drug-likeness (QED) is 0.700. The van der Waals surface area contributed by atoms with Gasteiger partial charge in [0.25, 0.3) is 0 Å². The number of rotatable bonds is 1. The van der Waals surface area contributed by atoms with E-state index < -0.39 is 0 Å². The smallest absolute Gasteiger partial charge is 0.0273 e. The zero-order chi connectivity index (χ0) is 11.0. The van der Waals surface area contributed by atoms with Gasteiger partial charge in [0, 0.05) is 12.4 Å². The molecule has 0 N–H and O–H groups in total. The van der Waals surface area contributed by atoms with Gasteiger partial charge in [0.15, 0.2) is 0 Å². The summed E-state index contributed by atoms with van der Waals surface area (Å²) in [6.45, 7) is 2.33. The molecule has 1 heteroatoms. The molecule has 1 aromatic heterocycles. The Kier molecular flexibility index (Phi) is 2.24. The van der Waals surface area contributed by atoms with Crippen molar-refractivity contribution in [2.45, 2.75) is 19.8 Å². The molecular weight excluding hydrogens is 194 g/mol. The predicted molar refractivity (Wildman–Crippen MR) is 66.2 cm³/mol. The summed E-state index contributed by atoms with van der Waals surface area (Å²) in [5.74, 6) is 0.808. The fraction of sp³-hybridized carbons (Fsp3) is 0.267. The lowest BCUT2D eigenvalue weighted by Crippen LogP contribution is -1.89. The largest absolute Gasteiger partial charge is 0.265 e. The third-order valence-electron chi connectivity index (χ3n) is 3.36. The first kappa shape index (κ1) is 9.59. The van der Waals surface area contributed by atoms with E-state index in [-0.39, 0.29) is 0 Å². The second kappa shape index (κ2) is 3.75. The zero-order valence-corrected chi connectivity index (χ0v) is 9.48. The minimum Gasteiger partial charge on any atom is -0.265 e. The molecule has 1 aliphatic carbocycles. The second-order valence-electron chi connectivity index (χ2n) is 4.73. The number of aromatic nitrogens is 1. The van der Waals surface area contributed by atoms with E-state index in [1.807, 2.05) is 12.4 Å². The van der Waals surface area contributed by atoms with E-state index in [9.17, 15) is 0 Å². The van der Waals surface area contributed by atoms with Gasteiger partial charge < -0.3 is 0 Å². The third-order valence-corrected chi connectivity index (χ3v) is 3.36. The van der Waals surface area contributed by atoms with E-state index in [0.717, 1.165) is 5.92 Å². The lowest BCUT2D eigenvalue weighted by atomic mass is 10.0. The van der Waals surface area contributed by atoms with E-state index in [0.29, 0.717) is 0 Å². The van der Waals surface area contributed by atoms with E-state index in [4.69, 9.17) is 0 Å². The van der Waals surface area contributed by atoms with E-state index in [2.05, 4.69) is 42.2 Å². The number of pyridine rings is 1. The summed E-state index contributed by atoms with van der Waals surface area (Å²) in [6, 6.07) is 11.0. The zero-order valence-electron chi connectivity index (χ0n) is 9.48. The molecule has 80 valence electrons. The van der Waals surface area contributed by atoms with Crippen LogP contribution in [-0.4, -0.2) is 4.98 Å². The number of hydrogen-bond donors (Lipinski definition) is 0. The lowest BCUT2D eigenvalue weighted by molar-refractivity contribution is 0.628. The Labute approximate surface area is 96.2 Å². The average molecular weight is 209 g/mol. The highest BCUT2D eigenvalue weighted by Gasteiger charge is 2.17. The van der Waals surface area contributed by atoms with Crippen LogP contribution in [0, 0.1) is 5.92 Å². The molecule has 1 heterocycles. The topological polar surface area (TPSA) is 12.9 Å². The van der Waals surface area contributed by atoms with Gasteiger partial charge in [0.2, 0.25) is 0 Å². The van der Waals surface area contributed by atoms with Gasteiger partial charge in [0.05, 0.1) is 0 Å². The summed E-state index contributed by atoms with van der Waals surface area (Å²) in [6.07, 6.45) is 6.18. The van der Waals surface area contributed by atoms with Crippen LogP contribution in [-0.2, 0) is 12.8 Å². The Bertz CT molecular complexity index is 502. The van der Waals surface area contributed by atoms with Crippen molar-refractivity contribution in [2.75, 3.05) is 0 Å². The minimum atomic E-state index is 0.808. The minimum absolute atomic E-state index is 0.808. The molecule has 0 fully saturated rings. The number of hydrogen-bond acceptors (Lipinski definition) is 1. The van der Waals surface area contributed by atoms with E-state index in [1.54, 1.807) is 0 Å². The first-order valence-electron chi connectivity index (χ1n) is 5.85. The molecule has 1 aromatic carbocycles. The molecule has 1 aliphatic rings. The maximum atomic E-state index is 4.06. The highest BCUT2D eigenvalue weighted by atomic mass is 14.6. The van der Waals surface area contributed by atoms with Gasteiger partial charge in [-0.15, -0.1) is 0 Å². The molecule has 0 amide bonds. The summed E-state index contributed by atoms with van der Waals surface area (Å²) < 4.78 is 0. The van der Waals surface area contributed by atoms with Crippen LogP contribution in [0.1, 0.15) is 18.1 Å². The Morgan fingerprint density at radius 1 is 0.938 bits per heavy atom. The summed E-state index contributed by atoms with van der Waals surface area (Å²) >= 11 is 0. The standard InChI is InChI=1S/C15H15N/c1-11-8-13-2-3-14(10-15(13)9-11)12-4-6-16-7-5-12/h2-7,10-11H,8-9H2,1H3. The van der Waals surface area contributed by atoms with Gasteiger partial charge in [-0.25, -0.2) is 0 Å². The number of nitrogens with zero attached hydrogens (tertiary/aromatic N) is 1. The van der Waals surface area contributed by atoms with Gasteiger partial charge >= 0.3 is 0 Å². The van der Waals surface area contributed by atoms with Gasteiger partial charge in [-0.2, -0.15) is 0 Å². The van der Waals surface area contributed by atoms with Crippen LogP contribution in [0.3, 0.4) is 0 Å². The summed E-state index contributed by atoms with van der Waals surface area (Å²) in [5, 5.41) is 0. The van der Waals surface area contributed by atoms with Crippen LogP contribution in [0.2, 0.25) is 0 Å². The number of fused-ring (bicyclic) bond motifs is 1. The fourth-order valence-electron chi connectivity index (χ4n) is 2.56. The highest BCUT2D eigenvalue weighted by molar-refractivity contribution is 5.64. The summed E-state index contributed by atoms with van der Waals surface area (Å²) in [7, 11) is 0. The van der Waals surface area contributed by atoms with Crippen molar-refractivity contribution >= 4 is 0 Å². The molecule has 2 aromatic rings. The lowest BCUT2D eigenvalue weighted by Gasteiger charge is -2.04. The maximum Gasteiger partial charge on any atom is 0.0273 e. The van der Waals surface area contributed by atoms with Crippen molar-refractivity contribution in [3.8, 4) is 11.1 Å². The fourth-order valence-corrected chi connectivity index (χ4v) is 2.56. The van der Waals surface area contributed by atoms with E-state index in [1.165, 1.54) is 35.1 Å². The molecule has 1 atom stereocenters. The first-order chi connectivity index (χ1) is 7.83. The molecular formula is C15H15N. The van der Waals surface area contributed by atoms with Crippen molar-refractivity contribution in [1.29, 1.82) is 0 Å². The normalized spacial score (nSPS) is 18.4. The first-order valence-corrected chi connectivity index (χ1v) is 5.85. The van der Waals surface area contributed by atoms with Crippen LogP contribution >= 0.6 is 0 Å². The molecule has 1 nitrogen and oxygen atoms in total. The van der Waals surface area contributed by atoms with Crippen molar-refractivity contribution < 1.29 is 0 Å². The van der Waals surface area contributed by atoms with Gasteiger partial charge in [-0.05, 0) is 53.1 Å². The van der Waals surface area contributed by atoms with Crippen molar-refractivity contribution in [2.24, 2.45) is 5.92 Å². The Balaban J connectivity index is 2.03. The Morgan fingerprint density at radius 3 is 2.50 bits per heavy atom. The molecule has 3 rings (SSSR count). The van der Waals surface area contributed by atoms with Crippen LogP contribution in [0.5, 0.6) is 0 Å². The molecule has 0 saturated carbocycles. The predicted octanol–water partition coefficient (Wildman–Crippen LogP) is 3.48. The van der Waals surface area contributed by atoms with Crippen LogP contribution in [0.25, 0.3) is 11.1 Å². The van der Waals surface area contributed by atoms with Crippen molar-refractivity contribution in [3.05, 3.63) is 53.9 Å². The van der Waals surface area contributed by atoms with Crippen LogP contribution < -0.4 is 0 Å². The SMILES string of the molecule is CC1Cc2ccc(-c3ccncc3)cc2C1. The Morgan fingerprint density at radius 2 is 1.69 bits per heavy atom. The van der Waals surface area contributed by atoms with Crippen molar-refractivity contribution in [3.63, 3.8) is 0 Å². The molecule has 0 spiro atoms. The molecule has 0 aliphatic heterocycles. The third kappa shape index (κ3) is 1.63. The molecule has 1 unspecified atom stereocenters.